The van der Waals surface area contributed by atoms with Crippen LogP contribution in [0.5, 0.6) is 5.75 Å². The molecule has 4 aromatic carbocycles. The average molecular weight is 633 g/mol. The first-order chi connectivity index (χ1) is 21.0. The van der Waals surface area contributed by atoms with Gasteiger partial charge in [0, 0.05) is 57.2 Å². The fourth-order valence-corrected chi connectivity index (χ4v) is 6.79. The first kappa shape index (κ1) is 29.3. The molecular weight excluding hydrogens is 607 g/mol. The number of sulfonamides is 1. The van der Waals surface area contributed by atoms with Crippen LogP contribution in [-0.2, 0) is 10.0 Å². The second kappa shape index (κ2) is 11.1. The number of halogens is 2. The maximum atomic E-state index is 14.6. The molecule has 2 heterocycles. The molecule has 0 radical (unpaired) electrons. The van der Waals surface area contributed by atoms with Gasteiger partial charge in [-0.25, -0.2) is 17.2 Å². The number of hydrogen-bond donors (Lipinski definition) is 1. The van der Waals surface area contributed by atoms with Crippen molar-refractivity contribution in [1.29, 1.82) is 0 Å². The van der Waals surface area contributed by atoms with Crippen LogP contribution >= 0.6 is 11.3 Å². The summed E-state index contributed by atoms with van der Waals surface area (Å²) in [5.41, 5.74) is 3.08. The van der Waals surface area contributed by atoms with Gasteiger partial charge in [0.2, 0.25) is 10.0 Å². The van der Waals surface area contributed by atoms with Crippen LogP contribution in [0.15, 0.2) is 83.3 Å². The first-order valence-corrected chi connectivity index (χ1v) is 16.1. The zero-order chi connectivity index (χ0) is 31.3. The van der Waals surface area contributed by atoms with Gasteiger partial charge in [-0.1, -0.05) is 12.1 Å². The number of methoxy groups -OCH3 is 1. The second-order valence-electron chi connectivity index (χ2n) is 10.2. The van der Waals surface area contributed by atoms with Crippen molar-refractivity contribution in [2.75, 3.05) is 31.8 Å². The minimum Gasteiger partial charge on any atom is -0.496 e. The van der Waals surface area contributed by atoms with Gasteiger partial charge in [0.05, 0.1) is 24.6 Å². The van der Waals surface area contributed by atoms with E-state index in [9.17, 15) is 22.0 Å². The van der Waals surface area contributed by atoms with Gasteiger partial charge in [0.15, 0.2) is 0 Å². The molecule has 0 aliphatic carbocycles. The predicted molar refractivity (Wildman–Crippen MR) is 171 cm³/mol. The quantitative estimate of drug-likeness (QED) is 0.195. The average Bonchev–Trinajstić information content (AvgIpc) is 3.62. The molecule has 0 unspecified atom stereocenters. The fourth-order valence-electron chi connectivity index (χ4n) is 5.18. The maximum Gasteiger partial charge on any atom is 0.255 e. The standard InChI is InChI=1S/C33H26F2N2O5S2/c1-36-33(38)31-24-15-21(19-10-13-27(41-3)23(14-19)30-16-22-25(35)6-5-7-29(22)43-30)26(37(2)44(4,39)40)17-28(24)42-32(31)18-8-11-20(34)12-9-18/h5-17H,1-4H3,(H,36,38). The molecule has 1 amide bonds. The van der Waals surface area contributed by atoms with Crippen molar-refractivity contribution in [3.05, 3.63) is 96.1 Å². The maximum absolute atomic E-state index is 14.6. The van der Waals surface area contributed by atoms with Gasteiger partial charge in [-0.3, -0.25) is 9.10 Å². The Kier molecular flexibility index (Phi) is 7.38. The molecule has 0 atom stereocenters. The van der Waals surface area contributed by atoms with E-state index in [1.807, 2.05) is 12.1 Å². The van der Waals surface area contributed by atoms with Gasteiger partial charge < -0.3 is 14.5 Å². The molecule has 6 aromatic rings. The third-order valence-corrected chi connectivity index (χ3v) is 9.81. The molecule has 2 aromatic heterocycles. The van der Waals surface area contributed by atoms with Crippen molar-refractivity contribution in [2.24, 2.45) is 0 Å². The molecule has 0 saturated carbocycles. The van der Waals surface area contributed by atoms with Crippen LogP contribution in [0.2, 0.25) is 0 Å². The number of nitrogens with one attached hydrogen (secondary N) is 1. The number of rotatable bonds is 7. The van der Waals surface area contributed by atoms with Gasteiger partial charge in [-0.2, -0.15) is 0 Å². The Labute approximate surface area is 256 Å². The molecule has 6 rings (SSSR count). The largest absolute Gasteiger partial charge is 0.496 e. The van der Waals surface area contributed by atoms with Crippen LogP contribution < -0.4 is 14.4 Å². The van der Waals surface area contributed by atoms with Crippen LogP contribution in [0.25, 0.3) is 53.9 Å². The number of carbonyl (C=O) groups is 1. The molecule has 224 valence electrons. The summed E-state index contributed by atoms with van der Waals surface area (Å²) in [6, 6.07) is 20.9. The lowest BCUT2D eigenvalue weighted by molar-refractivity contribution is 0.0964. The number of fused-ring (bicyclic) bond motifs is 2. The number of amides is 1. The molecule has 0 spiro atoms. The second-order valence-corrected chi connectivity index (χ2v) is 13.3. The van der Waals surface area contributed by atoms with Crippen molar-refractivity contribution in [2.45, 2.75) is 0 Å². The van der Waals surface area contributed by atoms with E-state index < -0.39 is 21.7 Å². The predicted octanol–water partition coefficient (Wildman–Crippen LogP) is 7.69. The zero-order valence-electron chi connectivity index (χ0n) is 24.1. The number of anilines is 1. The topological polar surface area (TPSA) is 88.9 Å². The van der Waals surface area contributed by atoms with Crippen molar-refractivity contribution in [3.8, 4) is 38.6 Å². The summed E-state index contributed by atoms with van der Waals surface area (Å²) in [6.07, 6.45) is 1.09. The van der Waals surface area contributed by atoms with Gasteiger partial charge in [-0.15, -0.1) is 11.3 Å². The van der Waals surface area contributed by atoms with Crippen molar-refractivity contribution in [1.82, 2.24) is 5.32 Å². The Balaban J connectivity index is 1.64. The summed E-state index contributed by atoms with van der Waals surface area (Å²) >= 11 is 1.41. The summed E-state index contributed by atoms with van der Waals surface area (Å²) in [5.74, 6) is -0.440. The Hall–Kier alpha value is -4.74. The van der Waals surface area contributed by atoms with E-state index in [1.54, 1.807) is 43.5 Å². The lowest BCUT2D eigenvalue weighted by Crippen LogP contribution is -2.25. The third kappa shape index (κ3) is 5.07. The number of benzene rings is 4. The minimum atomic E-state index is -3.73. The Morgan fingerprint density at radius 1 is 0.932 bits per heavy atom. The molecule has 0 bridgehead atoms. The third-order valence-electron chi connectivity index (χ3n) is 7.49. The first-order valence-electron chi connectivity index (χ1n) is 13.4. The van der Waals surface area contributed by atoms with E-state index in [1.165, 1.54) is 55.8 Å². The van der Waals surface area contributed by atoms with E-state index in [2.05, 4.69) is 5.32 Å². The Bertz CT molecular complexity index is 2190. The summed E-state index contributed by atoms with van der Waals surface area (Å²) in [7, 11) is 0.739. The molecule has 0 fully saturated rings. The van der Waals surface area contributed by atoms with Crippen LogP contribution in [0.1, 0.15) is 10.4 Å². The Morgan fingerprint density at radius 3 is 2.32 bits per heavy atom. The van der Waals surface area contributed by atoms with Gasteiger partial charge in [0.1, 0.15) is 28.7 Å². The zero-order valence-corrected chi connectivity index (χ0v) is 25.7. The molecule has 0 saturated heterocycles. The van der Waals surface area contributed by atoms with E-state index in [4.69, 9.17) is 9.15 Å². The fraction of sp³-hybridized carbons (Fsp3) is 0.121. The number of hydrogen-bond acceptors (Lipinski definition) is 6. The normalized spacial score (nSPS) is 11.7. The highest BCUT2D eigenvalue weighted by Crippen LogP contribution is 2.45. The monoisotopic (exact) mass is 632 g/mol. The lowest BCUT2D eigenvalue weighted by atomic mass is 9.96. The lowest BCUT2D eigenvalue weighted by Gasteiger charge is -2.21. The molecule has 0 aliphatic heterocycles. The Morgan fingerprint density at radius 2 is 1.66 bits per heavy atom. The smallest absolute Gasteiger partial charge is 0.255 e. The molecular formula is C33H26F2N2O5S2. The summed E-state index contributed by atoms with van der Waals surface area (Å²) in [4.78, 5) is 14.0. The van der Waals surface area contributed by atoms with Crippen LogP contribution in [-0.4, -0.2) is 41.8 Å². The van der Waals surface area contributed by atoms with Crippen LogP contribution in [0.4, 0.5) is 14.5 Å². The molecule has 44 heavy (non-hydrogen) atoms. The molecule has 7 nitrogen and oxygen atoms in total. The van der Waals surface area contributed by atoms with Crippen LogP contribution in [0.3, 0.4) is 0 Å². The van der Waals surface area contributed by atoms with E-state index in [0.29, 0.717) is 44.5 Å². The highest BCUT2D eigenvalue weighted by atomic mass is 32.2. The summed E-state index contributed by atoms with van der Waals surface area (Å²) in [5, 5.41) is 3.56. The molecule has 0 aliphatic rings. The van der Waals surface area contributed by atoms with Crippen LogP contribution in [0, 0.1) is 11.6 Å². The van der Waals surface area contributed by atoms with Crippen molar-refractivity contribution >= 4 is 54.0 Å². The highest BCUT2D eigenvalue weighted by molar-refractivity contribution is 7.92. The molecule has 1 N–H and O–H groups in total. The van der Waals surface area contributed by atoms with E-state index in [0.717, 1.165) is 20.1 Å². The number of thiophene rings is 1. The van der Waals surface area contributed by atoms with Crippen molar-refractivity contribution in [3.63, 3.8) is 0 Å². The van der Waals surface area contributed by atoms with Crippen molar-refractivity contribution < 1.29 is 31.1 Å². The molecule has 11 heteroatoms. The van der Waals surface area contributed by atoms with Gasteiger partial charge in [-0.05, 0) is 66.2 Å². The van der Waals surface area contributed by atoms with E-state index >= 15 is 0 Å². The number of nitrogens with zero attached hydrogens (tertiary/aromatic N) is 1. The van der Waals surface area contributed by atoms with Gasteiger partial charge in [0.25, 0.3) is 5.91 Å². The number of ether oxygens (including phenoxy) is 1. The summed E-state index contributed by atoms with van der Waals surface area (Å²) < 4.78 is 67.6. The highest BCUT2D eigenvalue weighted by Gasteiger charge is 2.26. The minimum absolute atomic E-state index is 0.215. The summed E-state index contributed by atoms with van der Waals surface area (Å²) in [6.45, 7) is 0. The van der Waals surface area contributed by atoms with E-state index in [-0.39, 0.29) is 22.7 Å². The number of carbonyl (C=O) groups excluding carboxylic acids is 1. The number of furan rings is 1. The van der Waals surface area contributed by atoms with Gasteiger partial charge >= 0.3 is 0 Å². The SMILES string of the molecule is CNC(=O)c1c(-c2ccc(F)cc2)oc2cc(N(C)S(C)(=O)=O)c(-c3ccc(OC)c(-c4cc5c(F)cccc5s4)c3)cc12.